The van der Waals surface area contributed by atoms with Crippen molar-refractivity contribution in [1.82, 2.24) is 9.62 Å². The van der Waals surface area contributed by atoms with Crippen molar-refractivity contribution < 1.29 is 22.7 Å². The normalized spacial score (nSPS) is 23.9. The molecule has 0 unspecified atom stereocenters. The van der Waals surface area contributed by atoms with Gasteiger partial charge in [0.15, 0.2) is 0 Å². The van der Waals surface area contributed by atoms with Crippen LogP contribution in [0.1, 0.15) is 70.4 Å². The molecule has 0 bridgehead atoms. The lowest BCUT2D eigenvalue weighted by Crippen LogP contribution is -2.51. The van der Waals surface area contributed by atoms with Crippen molar-refractivity contribution in [3.8, 4) is 0 Å². The van der Waals surface area contributed by atoms with Gasteiger partial charge in [-0.25, -0.2) is 12.7 Å². The number of hydrogen-bond acceptors (Lipinski definition) is 6. The number of hydrogen-bond donors (Lipinski definition) is 2. The predicted octanol–water partition coefficient (Wildman–Crippen LogP) is 3.42. The molecule has 2 fully saturated rings. The first kappa shape index (κ1) is 28.7. The van der Waals surface area contributed by atoms with E-state index >= 15 is 0 Å². The van der Waals surface area contributed by atoms with Gasteiger partial charge >= 0.3 is 0 Å². The second kappa shape index (κ2) is 11.8. The first-order chi connectivity index (χ1) is 18.0. The van der Waals surface area contributed by atoms with Crippen LogP contribution in [-0.2, 0) is 30.8 Å². The summed E-state index contributed by atoms with van der Waals surface area (Å²) in [5.41, 5.74) is 1.74. The Morgan fingerprint density at radius 3 is 2.50 bits per heavy atom. The zero-order chi connectivity index (χ0) is 27.5. The molecule has 0 aromatic heterocycles. The minimum Gasteiger partial charge on any atom is -0.379 e. The molecule has 9 nitrogen and oxygen atoms in total. The van der Waals surface area contributed by atoms with Crippen LogP contribution in [0.5, 0.6) is 0 Å². The van der Waals surface area contributed by atoms with Crippen LogP contribution in [0, 0.1) is 18.8 Å². The number of aryl methyl sites for hydroxylation is 2. The molecule has 1 aromatic rings. The topological polar surface area (TPSA) is 117 Å². The number of aliphatic imine (C=N–C) groups is 1. The first-order valence-corrected chi connectivity index (χ1v) is 15.5. The molecule has 4 rings (SSSR count). The Labute approximate surface area is 226 Å². The maximum absolute atomic E-state index is 13.1. The molecule has 1 spiro atoms. The maximum Gasteiger partial charge on any atom is 0.253 e. The summed E-state index contributed by atoms with van der Waals surface area (Å²) in [7, 11) is -3.47. The number of benzene rings is 1. The van der Waals surface area contributed by atoms with Crippen molar-refractivity contribution >= 4 is 33.4 Å². The Balaban J connectivity index is 1.30. The van der Waals surface area contributed by atoms with Gasteiger partial charge < -0.3 is 15.4 Å². The highest BCUT2D eigenvalue weighted by molar-refractivity contribution is 7.89. The second-order valence-corrected chi connectivity index (χ2v) is 13.5. The number of amidine groups is 1. The smallest absolute Gasteiger partial charge is 0.253 e. The van der Waals surface area contributed by atoms with E-state index < -0.39 is 15.6 Å². The van der Waals surface area contributed by atoms with Gasteiger partial charge in [-0.2, -0.15) is 0 Å². The van der Waals surface area contributed by atoms with E-state index in [1.165, 1.54) is 11.2 Å². The molecule has 2 aliphatic heterocycles. The van der Waals surface area contributed by atoms with Crippen LogP contribution < -0.4 is 10.6 Å². The van der Waals surface area contributed by atoms with Gasteiger partial charge in [-0.3, -0.25) is 14.6 Å². The standard InChI is InChI=1S/C28H42N4O5S/c1-19(2)37-18-22-5-7-24(8-6-22)26-30-27(34)28(31-26)12-14-32(15-13-28)38(35,36)16-11-23-9-10-25(17-20(23)3)29-21(4)33/h9-10,17,19,22,24H,5-8,11-16,18H2,1-4H3,(H,29,33)(H,30,31,34). The van der Waals surface area contributed by atoms with Crippen molar-refractivity contribution in [2.45, 2.75) is 84.3 Å². The third kappa shape index (κ3) is 6.82. The van der Waals surface area contributed by atoms with Gasteiger partial charge in [0.1, 0.15) is 11.4 Å². The van der Waals surface area contributed by atoms with E-state index in [2.05, 4.69) is 24.5 Å². The molecule has 38 heavy (non-hydrogen) atoms. The minimum atomic E-state index is -3.47. The average Bonchev–Trinajstić information content (AvgIpc) is 3.17. The number of anilines is 1. The highest BCUT2D eigenvalue weighted by atomic mass is 32.2. The summed E-state index contributed by atoms with van der Waals surface area (Å²) in [6.45, 7) is 8.87. The van der Waals surface area contributed by atoms with Gasteiger partial charge in [0.05, 0.1) is 11.9 Å². The summed E-state index contributed by atoms with van der Waals surface area (Å²) in [6, 6.07) is 5.51. The third-order valence-corrected chi connectivity index (χ3v) is 10.0. The number of amides is 2. The molecule has 1 saturated carbocycles. The molecular formula is C28H42N4O5S. The number of piperidine rings is 1. The number of nitrogens with one attached hydrogen (secondary N) is 2. The largest absolute Gasteiger partial charge is 0.379 e. The Hall–Kier alpha value is -2.30. The summed E-state index contributed by atoms with van der Waals surface area (Å²) in [5.74, 6) is 1.40. The summed E-state index contributed by atoms with van der Waals surface area (Å²) >= 11 is 0. The molecule has 10 heteroatoms. The Morgan fingerprint density at radius 1 is 1.21 bits per heavy atom. The van der Waals surface area contributed by atoms with E-state index in [1.807, 2.05) is 19.1 Å². The number of carbonyl (C=O) groups excluding carboxylic acids is 2. The van der Waals surface area contributed by atoms with Crippen LogP contribution in [0.3, 0.4) is 0 Å². The molecular weight excluding hydrogens is 504 g/mol. The van der Waals surface area contributed by atoms with Crippen molar-refractivity contribution in [1.29, 1.82) is 0 Å². The van der Waals surface area contributed by atoms with E-state index in [9.17, 15) is 18.0 Å². The van der Waals surface area contributed by atoms with Gasteiger partial charge in [-0.05, 0) is 94.9 Å². The Morgan fingerprint density at radius 2 is 1.89 bits per heavy atom. The molecule has 0 radical (unpaired) electrons. The molecule has 2 N–H and O–H groups in total. The van der Waals surface area contributed by atoms with E-state index in [-0.39, 0.29) is 29.6 Å². The lowest BCUT2D eigenvalue weighted by atomic mass is 9.81. The van der Waals surface area contributed by atoms with Crippen LogP contribution in [0.25, 0.3) is 0 Å². The lowest BCUT2D eigenvalue weighted by molar-refractivity contribution is -0.125. The average molecular weight is 547 g/mol. The van der Waals surface area contributed by atoms with Gasteiger partial charge in [0.25, 0.3) is 5.91 Å². The number of rotatable bonds is 9. The van der Waals surface area contributed by atoms with E-state index in [0.29, 0.717) is 44.0 Å². The van der Waals surface area contributed by atoms with Crippen molar-refractivity contribution in [2.24, 2.45) is 16.8 Å². The monoisotopic (exact) mass is 546 g/mol. The van der Waals surface area contributed by atoms with Crippen LogP contribution in [0.2, 0.25) is 0 Å². The Kier molecular flexibility index (Phi) is 8.94. The van der Waals surface area contributed by atoms with Gasteiger partial charge in [0.2, 0.25) is 15.9 Å². The quantitative estimate of drug-likeness (QED) is 0.492. The van der Waals surface area contributed by atoms with Gasteiger partial charge in [-0.1, -0.05) is 6.07 Å². The van der Waals surface area contributed by atoms with Gasteiger partial charge in [0, 0.05) is 38.2 Å². The number of nitrogens with zero attached hydrogens (tertiary/aromatic N) is 2. The van der Waals surface area contributed by atoms with E-state index in [4.69, 9.17) is 9.73 Å². The van der Waals surface area contributed by atoms with E-state index in [1.54, 1.807) is 6.07 Å². The van der Waals surface area contributed by atoms with Crippen molar-refractivity contribution in [3.63, 3.8) is 0 Å². The number of ether oxygens (including phenoxy) is 1. The molecule has 2 heterocycles. The number of carbonyl (C=O) groups is 2. The molecule has 1 aliphatic carbocycles. The second-order valence-electron chi connectivity index (χ2n) is 11.4. The first-order valence-electron chi connectivity index (χ1n) is 13.9. The fraction of sp³-hybridized carbons (Fsp3) is 0.679. The van der Waals surface area contributed by atoms with Crippen molar-refractivity contribution in [3.05, 3.63) is 29.3 Å². The zero-order valence-electron chi connectivity index (χ0n) is 23.1. The number of sulfonamides is 1. The molecule has 1 saturated heterocycles. The molecule has 1 aromatic carbocycles. The van der Waals surface area contributed by atoms with Gasteiger partial charge in [-0.15, -0.1) is 0 Å². The summed E-state index contributed by atoms with van der Waals surface area (Å²) in [6.07, 6.45) is 5.58. The van der Waals surface area contributed by atoms with Crippen LogP contribution >= 0.6 is 0 Å². The Bertz CT molecular complexity index is 1160. The highest BCUT2D eigenvalue weighted by Crippen LogP contribution is 2.36. The fourth-order valence-corrected chi connectivity index (χ4v) is 7.24. The summed E-state index contributed by atoms with van der Waals surface area (Å²) in [4.78, 5) is 29.2. The maximum atomic E-state index is 13.1. The SMILES string of the molecule is CC(=O)Nc1ccc(CCS(=O)(=O)N2CCC3(CC2)N=C(C2CCC(COC(C)C)CC2)NC3=O)c(C)c1. The summed E-state index contributed by atoms with van der Waals surface area (Å²) in [5, 5.41) is 5.80. The zero-order valence-corrected chi connectivity index (χ0v) is 23.9. The summed E-state index contributed by atoms with van der Waals surface area (Å²) < 4.78 is 33.6. The van der Waals surface area contributed by atoms with E-state index in [0.717, 1.165) is 49.3 Å². The fourth-order valence-electron chi connectivity index (χ4n) is 5.76. The molecule has 3 aliphatic rings. The molecule has 0 atom stereocenters. The lowest BCUT2D eigenvalue weighted by Gasteiger charge is -2.34. The van der Waals surface area contributed by atoms with Crippen LogP contribution in [0.4, 0.5) is 5.69 Å². The highest BCUT2D eigenvalue weighted by Gasteiger charge is 2.48. The van der Waals surface area contributed by atoms with Crippen LogP contribution in [-0.4, -0.2) is 67.5 Å². The molecule has 2 amide bonds. The van der Waals surface area contributed by atoms with Crippen molar-refractivity contribution in [2.75, 3.05) is 30.8 Å². The third-order valence-electron chi connectivity index (χ3n) is 8.13. The van der Waals surface area contributed by atoms with Crippen LogP contribution in [0.15, 0.2) is 23.2 Å². The molecule has 210 valence electrons. The minimum absolute atomic E-state index is 0.00476. The predicted molar refractivity (Wildman–Crippen MR) is 149 cm³/mol.